The number of pyridine rings is 1. The first kappa shape index (κ1) is 14.1. The Kier molecular flexibility index (Phi) is 2.63. The molecule has 1 aromatic carbocycles. The van der Waals surface area contributed by atoms with Gasteiger partial charge in [-0.2, -0.15) is 5.26 Å². The van der Waals surface area contributed by atoms with E-state index >= 15 is 0 Å². The van der Waals surface area contributed by atoms with Crippen molar-refractivity contribution in [1.29, 1.82) is 5.26 Å². The Morgan fingerprint density at radius 1 is 1.29 bits per heavy atom. The van der Waals surface area contributed by atoms with Crippen LogP contribution in [0.5, 0.6) is 5.75 Å². The Morgan fingerprint density at radius 2 is 2.04 bits per heavy atom. The van der Waals surface area contributed by atoms with E-state index in [-0.39, 0.29) is 22.8 Å². The molecular weight excluding hydrogens is 308 g/mol. The summed E-state index contributed by atoms with van der Waals surface area (Å²) in [5.41, 5.74) is 5.41. The van der Waals surface area contributed by atoms with Crippen molar-refractivity contribution in [1.82, 2.24) is 4.98 Å². The standard InChI is InChI=1S/C17H12N4O3/c1-8-6-12-13(15(22)20-8)17(10(7-18)14(19)24-12)9-4-2-3-5-11(9)21-16(17)23/h2-6H,19H2,1H3,(H,20,22)(H,21,23). The number of nitriles is 1. The minimum atomic E-state index is -1.61. The number of nitrogens with zero attached hydrogens (tertiary/aromatic N) is 1. The van der Waals surface area contributed by atoms with Gasteiger partial charge in [-0.1, -0.05) is 18.2 Å². The van der Waals surface area contributed by atoms with E-state index in [2.05, 4.69) is 10.3 Å². The molecule has 1 unspecified atom stereocenters. The number of ether oxygens (including phenoxy) is 1. The molecule has 0 aliphatic carbocycles. The van der Waals surface area contributed by atoms with Gasteiger partial charge in [0.2, 0.25) is 11.8 Å². The van der Waals surface area contributed by atoms with Crippen LogP contribution in [0.25, 0.3) is 0 Å². The molecule has 1 amide bonds. The Bertz CT molecular complexity index is 1040. The summed E-state index contributed by atoms with van der Waals surface area (Å²) in [6.45, 7) is 1.69. The molecule has 24 heavy (non-hydrogen) atoms. The van der Waals surface area contributed by atoms with Gasteiger partial charge < -0.3 is 20.8 Å². The maximum atomic E-state index is 13.0. The van der Waals surface area contributed by atoms with Gasteiger partial charge in [-0.15, -0.1) is 0 Å². The highest BCUT2D eigenvalue weighted by atomic mass is 16.5. The number of benzene rings is 1. The lowest BCUT2D eigenvalue weighted by atomic mass is 9.69. The number of aromatic nitrogens is 1. The molecule has 0 saturated carbocycles. The summed E-state index contributed by atoms with van der Waals surface area (Å²) in [4.78, 5) is 28.3. The molecular formula is C17H12N4O3. The van der Waals surface area contributed by atoms with E-state index in [1.54, 1.807) is 37.3 Å². The minimum absolute atomic E-state index is 0.0706. The third-order valence-corrected chi connectivity index (χ3v) is 4.38. The lowest BCUT2D eigenvalue weighted by Crippen LogP contribution is -2.46. The number of nitrogens with one attached hydrogen (secondary N) is 2. The van der Waals surface area contributed by atoms with Gasteiger partial charge in [-0.25, -0.2) is 0 Å². The summed E-state index contributed by atoms with van der Waals surface area (Å²) in [5, 5.41) is 12.4. The number of hydrogen-bond donors (Lipinski definition) is 3. The topological polar surface area (TPSA) is 121 Å². The minimum Gasteiger partial charge on any atom is -0.440 e. The van der Waals surface area contributed by atoms with Crippen LogP contribution >= 0.6 is 0 Å². The van der Waals surface area contributed by atoms with Gasteiger partial charge in [0.15, 0.2) is 5.41 Å². The number of nitrogens with two attached hydrogens (primary N) is 1. The third kappa shape index (κ3) is 1.49. The fraction of sp³-hybridized carbons (Fsp3) is 0.118. The first-order valence-electron chi connectivity index (χ1n) is 7.23. The van der Waals surface area contributed by atoms with Gasteiger partial charge in [-0.05, 0) is 13.0 Å². The van der Waals surface area contributed by atoms with Crippen LogP contribution in [0.3, 0.4) is 0 Å². The predicted molar refractivity (Wildman–Crippen MR) is 85.1 cm³/mol. The van der Waals surface area contributed by atoms with Crippen molar-refractivity contribution >= 4 is 11.6 Å². The molecule has 0 radical (unpaired) electrons. The maximum absolute atomic E-state index is 13.0. The number of H-pyrrole nitrogens is 1. The Hall–Kier alpha value is -3.53. The maximum Gasteiger partial charge on any atom is 0.256 e. The van der Waals surface area contributed by atoms with E-state index < -0.39 is 16.9 Å². The second-order valence-corrected chi connectivity index (χ2v) is 5.72. The number of carbonyl (C=O) groups excluding carboxylic acids is 1. The van der Waals surface area contributed by atoms with Crippen molar-refractivity contribution in [2.75, 3.05) is 5.32 Å². The summed E-state index contributed by atoms with van der Waals surface area (Å²) in [6, 6.07) is 10.5. The SMILES string of the molecule is Cc1cc2c(c(=O)[nH]1)C1(C(=O)Nc3ccccc31)C(C#N)=C(N)O2. The zero-order valence-corrected chi connectivity index (χ0v) is 12.6. The molecule has 7 nitrogen and oxygen atoms in total. The van der Waals surface area contributed by atoms with Crippen molar-refractivity contribution in [3.63, 3.8) is 0 Å². The van der Waals surface area contributed by atoms with Crippen LogP contribution in [0.1, 0.15) is 16.8 Å². The van der Waals surface area contributed by atoms with Crippen LogP contribution in [0, 0.1) is 18.3 Å². The normalized spacial score (nSPS) is 20.9. The van der Waals surface area contributed by atoms with Crippen LogP contribution in [0.2, 0.25) is 0 Å². The smallest absolute Gasteiger partial charge is 0.256 e. The Balaban J connectivity index is 2.22. The average Bonchev–Trinajstić information content (AvgIpc) is 2.80. The molecule has 0 bridgehead atoms. The molecule has 4 rings (SSSR count). The quantitative estimate of drug-likeness (QED) is 0.669. The molecule has 2 aromatic rings. The van der Waals surface area contributed by atoms with Crippen LogP contribution in [-0.2, 0) is 10.2 Å². The second-order valence-electron chi connectivity index (χ2n) is 5.72. The van der Waals surface area contributed by atoms with Crippen molar-refractivity contribution in [3.8, 4) is 11.8 Å². The fourth-order valence-electron chi connectivity index (χ4n) is 3.47. The number of amides is 1. The molecule has 1 aromatic heterocycles. The highest BCUT2D eigenvalue weighted by molar-refractivity contribution is 6.12. The van der Waals surface area contributed by atoms with E-state index in [1.807, 2.05) is 6.07 Å². The summed E-state index contributed by atoms with van der Waals surface area (Å²) < 4.78 is 5.48. The molecule has 1 atom stereocenters. The molecule has 2 aliphatic heterocycles. The van der Waals surface area contributed by atoms with Crippen LogP contribution in [0.15, 0.2) is 46.6 Å². The molecule has 3 heterocycles. The highest BCUT2D eigenvalue weighted by Gasteiger charge is 2.57. The Morgan fingerprint density at radius 3 is 2.79 bits per heavy atom. The van der Waals surface area contributed by atoms with Crippen LogP contribution < -0.4 is 21.3 Å². The number of fused-ring (bicyclic) bond motifs is 4. The zero-order valence-electron chi connectivity index (χ0n) is 12.6. The number of anilines is 1. The van der Waals surface area contributed by atoms with Crippen LogP contribution in [-0.4, -0.2) is 10.9 Å². The summed E-state index contributed by atoms with van der Waals surface area (Å²) in [6.07, 6.45) is 0. The lowest BCUT2D eigenvalue weighted by Gasteiger charge is -2.32. The number of para-hydroxylation sites is 1. The summed E-state index contributed by atoms with van der Waals surface area (Å²) in [5.74, 6) is -0.497. The molecule has 7 heteroatoms. The van der Waals surface area contributed by atoms with Gasteiger partial charge in [-0.3, -0.25) is 9.59 Å². The van der Waals surface area contributed by atoms with Crippen molar-refractivity contribution in [2.24, 2.45) is 5.73 Å². The molecule has 4 N–H and O–H groups in total. The van der Waals surface area contributed by atoms with Gasteiger partial charge in [0.05, 0.1) is 5.56 Å². The third-order valence-electron chi connectivity index (χ3n) is 4.38. The second kappa shape index (κ2) is 4.49. The first-order valence-corrected chi connectivity index (χ1v) is 7.23. The molecule has 118 valence electrons. The predicted octanol–water partition coefficient (Wildman–Crippen LogP) is 1.01. The van der Waals surface area contributed by atoms with Crippen molar-refractivity contribution in [3.05, 3.63) is 69.0 Å². The molecule has 2 aliphatic rings. The number of hydrogen-bond acceptors (Lipinski definition) is 5. The molecule has 0 fully saturated rings. The summed E-state index contributed by atoms with van der Waals surface area (Å²) in [7, 11) is 0. The van der Waals surface area contributed by atoms with Crippen molar-refractivity contribution < 1.29 is 9.53 Å². The van der Waals surface area contributed by atoms with Gasteiger partial charge in [0.25, 0.3) is 5.56 Å². The number of rotatable bonds is 0. The van der Waals surface area contributed by atoms with Gasteiger partial charge >= 0.3 is 0 Å². The molecule has 0 saturated heterocycles. The van der Waals surface area contributed by atoms with E-state index in [0.29, 0.717) is 16.9 Å². The number of aromatic amines is 1. The van der Waals surface area contributed by atoms with E-state index in [1.165, 1.54) is 0 Å². The Labute approximate surface area is 136 Å². The zero-order chi connectivity index (χ0) is 17.1. The van der Waals surface area contributed by atoms with E-state index in [4.69, 9.17) is 10.5 Å². The fourth-order valence-corrected chi connectivity index (χ4v) is 3.47. The van der Waals surface area contributed by atoms with E-state index in [0.717, 1.165) is 0 Å². The molecule has 1 spiro atoms. The number of aryl methyl sites for hydroxylation is 1. The largest absolute Gasteiger partial charge is 0.440 e. The average molecular weight is 320 g/mol. The van der Waals surface area contributed by atoms with Crippen molar-refractivity contribution in [2.45, 2.75) is 12.3 Å². The summed E-state index contributed by atoms with van der Waals surface area (Å²) >= 11 is 0. The van der Waals surface area contributed by atoms with Gasteiger partial charge in [0, 0.05) is 23.0 Å². The lowest BCUT2D eigenvalue weighted by molar-refractivity contribution is -0.118. The highest BCUT2D eigenvalue weighted by Crippen LogP contribution is 2.51. The first-order chi connectivity index (χ1) is 11.5. The van der Waals surface area contributed by atoms with Crippen LogP contribution in [0.4, 0.5) is 5.69 Å². The van der Waals surface area contributed by atoms with Gasteiger partial charge in [0.1, 0.15) is 17.4 Å². The number of carbonyl (C=O) groups is 1. The van der Waals surface area contributed by atoms with E-state index in [9.17, 15) is 14.9 Å². The monoisotopic (exact) mass is 320 g/mol.